The van der Waals surface area contributed by atoms with Crippen molar-refractivity contribution in [2.75, 3.05) is 5.88 Å². The fourth-order valence-electron chi connectivity index (χ4n) is 4.84. The second-order valence-corrected chi connectivity index (χ2v) is 10.2. The minimum absolute atomic E-state index is 0.316. The molecule has 0 N–H and O–H groups in total. The van der Waals surface area contributed by atoms with Crippen LogP contribution in [0.2, 0.25) is 5.02 Å². The maximum Gasteiger partial charge on any atom is 0.165 e. The van der Waals surface area contributed by atoms with Gasteiger partial charge in [0.05, 0.1) is 17.6 Å². The Bertz CT molecular complexity index is 1410. The standard InChI is InChI=1S/C27H26Cl2N6/c1-18-32-33-26-27(11-12-27)31-25(19-5-8-22(29)9-6-19)23-15-20(7-10-24(23)35(18)26)21-16-30-34(17-21)14-4-2-3-13-28/h5-10,15-17H,2-4,11-14H2,1H3. The molecule has 4 aromatic rings. The highest BCUT2D eigenvalue weighted by Crippen LogP contribution is 2.51. The summed E-state index contributed by atoms with van der Waals surface area (Å²) in [5.74, 6) is 2.52. The Morgan fingerprint density at radius 2 is 1.74 bits per heavy atom. The maximum absolute atomic E-state index is 6.21. The van der Waals surface area contributed by atoms with Crippen LogP contribution in [0.1, 0.15) is 54.9 Å². The number of halogens is 2. The van der Waals surface area contributed by atoms with Gasteiger partial charge in [-0.2, -0.15) is 5.10 Å². The van der Waals surface area contributed by atoms with Crippen molar-refractivity contribution < 1.29 is 0 Å². The van der Waals surface area contributed by atoms with E-state index >= 15 is 0 Å². The van der Waals surface area contributed by atoms with E-state index in [2.05, 4.69) is 44.3 Å². The fourth-order valence-corrected chi connectivity index (χ4v) is 5.15. The first kappa shape index (κ1) is 22.5. The topological polar surface area (TPSA) is 60.9 Å². The first-order valence-corrected chi connectivity index (χ1v) is 13.0. The number of benzene rings is 2. The highest BCUT2D eigenvalue weighted by Gasteiger charge is 2.51. The van der Waals surface area contributed by atoms with Gasteiger partial charge in [0.2, 0.25) is 0 Å². The van der Waals surface area contributed by atoms with Gasteiger partial charge in [-0.1, -0.05) is 36.2 Å². The van der Waals surface area contributed by atoms with E-state index < -0.39 is 0 Å². The van der Waals surface area contributed by atoms with Crippen LogP contribution in [0.5, 0.6) is 0 Å². The maximum atomic E-state index is 6.21. The van der Waals surface area contributed by atoms with Crippen LogP contribution in [0.15, 0.2) is 59.9 Å². The number of nitrogens with zero attached hydrogens (tertiary/aromatic N) is 6. The quantitative estimate of drug-likeness (QED) is 0.218. The number of hydrogen-bond acceptors (Lipinski definition) is 4. The molecule has 2 aromatic carbocycles. The van der Waals surface area contributed by atoms with Crippen LogP contribution in [0.3, 0.4) is 0 Å². The highest BCUT2D eigenvalue weighted by atomic mass is 35.5. The van der Waals surface area contributed by atoms with E-state index in [1.807, 2.05) is 42.1 Å². The second kappa shape index (κ2) is 8.92. The van der Waals surface area contributed by atoms with E-state index in [1.165, 1.54) is 0 Å². The Morgan fingerprint density at radius 1 is 0.943 bits per heavy atom. The molecule has 0 unspecified atom stereocenters. The summed E-state index contributed by atoms with van der Waals surface area (Å²) < 4.78 is 4.20. The number of aryl methyl sites for hydroxylation is 2. The molecule has 178 valence electrons. The van der Waals surface area contributed by atoms with E-state index in [0.717, 1.165) is 84.0 Å². The van der Waals surface area contributed by atoms with Crippen molar-refractivity contribution >= 4 is 28.9 Å². The predicted octanol–water partition coefficient (Wildman–Crippen LogP) is 6.34. The van der Waals surface area contributed by atoms with Crippen molar-refractivity contribution in [3.05, 3.63) is 82.7 Å². The van der Waals surface area contributed by atoms with Crippen LogP contribution in [0.4, 0.5) is 0 Å². The van der Waals surface area contributed by atoms with E-state index in [9.17, 15) is 0 Å². The average Bonchev–Trinajstić information content (AvgIpc) is 3.34. The molecule has 8 heteroatoms. The minimum atomic E-state index is -0.316. The van der Waals surface area contributed by atoms with Gasteiger partial charge in [-0.15, -0.1) is 21.8 Å². The molecule has 1 aliphatic heterocycles. The van der Waals surface area contributed by atoms with E-state index in [1.54, 1.807) is 0 Å². The summed E-state index contributed by atoms with van der Waals surface area (Å²) in [6, 6.07) is 14.5. The third-order valence-electron chi connectivity index (χ3n) is 6.89. The monoisotopic (exact) mass is 504 g/mol. The second-order valence-electron chi connectivity index (χ2n) is 9.38. The third kappa shape index (κ3) is 4.09. The lowest BCUT2D eigenvalue weighted by molar-refractivity contribution is 0.554. The lowest BCUT2D eigenvalue weighted by atomic mass is 9.96. The van der Waals surface area contributed by atoms with Crippen LogP contribution < -0.4 is 0 Å². The summed E-state index contributed by atoms with van der Waals surface area (Å²) in [6.07, 6.45) is 9.23. The minimum Gasteiger partial charge on any atom is -0.280 e. The first-order valence-electron chi connectivity index (χ1n) is 12.1. The van der Waals surface area contributed by atoms with Crippen molar-refractivity contribution in [1.82, 2.24) is 24.5 Å². The van der Waals surface area contributed by atoms with Crippen LogP contribution in [0.25, 0.3) is 16.8 Å². The summed E-state index contributed by atoms with van der Waals surface area (Å²) in [6.45, 7) is 2.90. The van der Waals surface area contributed by atoms with E-state index in [-0.39, 0.29) is 5.54 Å². The van der Waals surface area contributed by atoms with Crippen LogP contribution in [-0.4, -0.2) is 36.1 Å². The SMILES string of the molecule is Cc1nnc2n1-c1ccc(-c3cnn(CCCCCCl)c3)cc1C(c1ccc(Cl)cc1)=NC21CC1. The molecule has 2 aliphatic rings. The summed E-state index contributed by atoms with van der Waals surface area (Å²) >= 11 is 12.0. The smallest absolute Gasteiger partial charge is 0.165 e. The number of hydrogen-bond donors (Lipinski definition) is 0. The van der Waals surface area contributed by atoms with Crippen molar-refractivity contribution in [2.24, 2.45) is 4.99 Å². The van der Waals surface area contributed by atoms with Crippen LogP contribution in [0, 0.1) is 6.92 Å². The Morgan fingerprint density at radius 3 is 2.51 bits per heavy atom. The Balaban J connectivity index is 1.45. The molecule has 1 aliphatic carbocycles. The lowest BCUT2D eigenvalue weighted by Gasteiger charge is -2.14. The number of aromatic nitrogens is 5. The molecule has 35 heavy (non-hydrogen) atoms. The molecule has 1 spiro atoms. The molecule has 6 rings (SSSR count). The van der Waals surface area contributed by atoms with Gasteiger partial charge in [-0.3, -0.25) is 14.2 Å². The summed E-state index contributed by atoms with van der Waals surface area (Å²) in [5, 5.41) is 14.3. The largest absolute Gasteiger partial charge is 0.280 e. The van der Waals surface area contributed by atoms with Crippen molar-refractivity contribution in [3.8, 4) is 16.8 Å². The Hall–Kier alpha value is -2.96. The molecular formula is C27H26Cl2N6. The summed E-state index contributed by atoms with van der Waals surface area (Å²) in [5.41, 5.74) is 6.01. The molecule has 1 fully saturated rings. The van der Waals surface area contributed by atoms with Gasteiger partial charge in [0, 0.05) is 40.3 Å². The molecule has 2 aromatic heterocycles. The van der Waals surface area contributed by atoms with Gasteiger partial charge in [-0.05, 0) is 62.4 Å². The molecule has 1 saturated carbocycles. The van der Waals surface area contributed by atoms with Crippen molar-refractivity contribution in [2.45, 2.75) is 51.1 Å². The van der Waals surface area contributed by atoms with Gasteiger partial charge >= 0.3 is 0 Å². The normalized spacial score (nSPS) is 15.5. The zero-order valence-electron chi connectivity index (χ0n) is 19.6. The number of unbranched alkanes of at least 4 members (excludes halogenated alkanes) is 2. The molecule has 0 bridgehead atoms. The lowest BCUT2D eigenvalue weighted by Crippen LogP contribution is -2.11. The summed E-state index contributed by atoms with van der Waals surface area (Å²) in [7, 11) is 0. The van der Waals surface area contributed by atoms with Crippen LogP contribution in [-0.2, 0) is 12.1 Å². The van der Waals surface area contributed by atoms with E-state index in [4.69, 9.17) is 28.2 Å². The number of aliphatic imine (C=N–C) groups is 1. The van der Waals surface area contributed by atoms with Gasteiger partial charge in [0.1, 0.15) is 11.4 Å². The van der Waals surface area contributed by atoms with Gasteiger partial charge < -0.3 is 0 Å². The molecule has 0 radical (unpaired) electrons. The molecule has 0 saturated heterocycles. The fraction of sp³-hybridized carbons (Fsp3) is 0.333. The predicted molar refractivity (Wildman–Crippen MR) is 140 cm³/mol. The third-order valence-corrected chi connectivity index (χ3v) is 7.41. The molecular weight excluding hydrogens is 479 g/mol. The highest BCUT2D eigenvalue weighted by molar-refractivity contribution is 6.30. The summed E-state index contributed by atoms with van der Waals surface area (Å²) in [4.78, 5) is 5.33. The first-order chi connectivity index (χ1) is 17.1. The molecule has 0 amide bonds. The number of rotatable bonds is 7. The van der Waals surface area contributed by atoms with Gasteiger partial charge in [0.25, 0.3) is 0 Å². The molecule has 0 atom stereocenters. The zero-order chi connectivity index (χ0) is 24.0. The Kier molecular flexibility index (Phi) is 5.73. The zero-order valence-corrected chi connectivity index (χ0v) is 21.1. The molecule has 6 nitrogen and oxygen atoms in total. The van der Waals surface area contributed by atoms with E-state index in [0.29, 0.717) is 10.9 Å². The number of fused-ring (bicyclic) bond motifs is 4. The van der Waals surface area contributed by atoms with Crippen molar-refractivity contribution in [1.29, 1.82) is 0 Å². The Labute approximate surface area is 214 Å². The average molecular weight is 505 g/mol. The van der Waals surface area contributed by atoms with Crippen molar-refractivity contribution in [3.63, 3.8) is 0 Å². The molecule has 3 heterocycles. The van der Waals surface area contributed by atoms with Crippen LogP contribution >= 0.6 is 23.2 Å². The van der Waals surface area contributed by atoms with Gasteiger partial charge in [0.15, 0.2) is 5.82 Å². The van der Waals surface area contributed by atoms with Gasteiger partial charge in [-0.25, -0.2) is 0 Å². The number of alkyl halides is 1.